The van der Waals surface area contributed by atoms with E-state index >= 15 is 0 Å². The van der Waals surface area contributed by atoms with Crippen molar-refractivity contribution < 1.29 is 27.5 Å². The fourth-order valence-corrected chi connectivity index (χ4v) is 4.64. The van der Waals surface area contributed by atoms with Crippen LogP contribution >= 0.6 is 0 Å². The molecule has 2 heterocycles. The average molecular weight is 506 g/mol. The van der Waals surface area contributed by atoms with Crippen molar-refractivity contribution in [2.75, 3.05) is 18.6 Å². The molecule has 1 aliphatic heterocycles. The van der Waals surface area contributed by atoms with Gasteiger partial charge in [-0.05, 0) is 66.6 Å². The molecule has 0 N–H and O–H groups in total. The Morgan fingerprint density at radius 1 is 0.919 bits per heavy atom. The van der Waals surface area contributed by atoms with Crippen LogP contribution in [0.4, 0.5) is 14.5 Å². The van der Waals surface area contributed by atoms with E-state index in [1.54, 1.807) is 18.2 Å². The summed E-state index contributed by atoms with van der Waals surface area (Å²) in [4.78, 5) is 28.6. The molecule has 5 rings (SSSR count). The molecule has 1 unspecified atom stereocenters. The van der Waals surface area contributed by atoms with Crippen LogP contribution in [0.3, 0.4) is 0 Å². The van der Waals surface area contributed by atoms with Crippen molar-refractivity contribution in [2.24, 2.45) is 0 Å². The van der Waals surface area contributed by atoms with Gasteiger partial charge in [0.2, 0.25) is 5.76 Å². The van der Waals surface area contributed by atoms with Crippen molar-refractivity contribution >= 4 is 22.6 Å². The van der Waals surface area contributed by atoms with Crippen LogP contribution in [-0.2, 0) is 0 Å². The topological polar surface area (TPSA) is 69.0 Å². The number of amides is 1. The van der Waals surface area contributed by atoms with Crippen molar-refractivity contribution in [1.29, 1.82) is 0 Å². The number of ether oxygens (including phenoxy) is 2. The van der Waals surface area contributed by atoms with Gasteiger partial charge < -0.3 is 13.9 Å². The minimum Gasteiger partial charge on any atom is -0.493 e. The van der Waals surface area contributed by atoms with Gasteiger partial charge in [-0.15, -0.1) is 0 Å². The van der Waals surface area contributed by atoms with Crippen molar-refractivity contribution in [2.45, 2.75) is 32.2 Å². The fourth-order valence-electron chi connectivity index (χ4n) is 4.64. The summed E-state index contributed by atoms with van der Waals surface area (Å²) in [6, 6.07) is 13.2. The minimum absolute atomic E-state index is 0.0281. The van der Waals surface area contributed by atoms with Gasteiger partial charge in [-0.1, -0.05) is 25.8 Å². The summed E-state index contributed by atoms with van der Waals surface area (Å²) in [5.41, 5.74) is 0.587. The molecular formula is C29H25F2NO5. The molecule has 0 spiro atoms. The van der Waals surface area contributed by atoms with Gasteiger partial charge in [-0.2, -0.15) is 0 Å². The fraction of sp³-hybridized carbons (Fsp3) is 0.241. The largest absolute Gasteiger partial charge is 0.493 e. The standard InChI is InChI=1S/C29H25F2NO5/c1-3-4-5-14-36-23-12-6-17(15-24(23)35-2)26-25-27(33)21-16-19(31)9-13-22(21)37-28(25)29(34)32(26)20-10-7-18(30)8-11-20/h6-13,15-16,26H,3-5,14H2,1-2H3. The molecule has 1 amide bonds. The van der Waals surface area contributed by atoms with E-state index < -0.39 is 29.0 Å². The van der Waals surface area contributed by atoms with Crippen LogP contribution < -0.4 is 19.8 Å². The second-order valence-corrected chi connectivity index (χ2v) is 8.83. The lowest BCUT2D eigenvalue weighted by Gasteiger charge is -2.26. The summed E-state index contributed by atoms with van der Waals surface area (Å²) in [7, 11) is 1.51. The Labute approximate surface area is 212 Å². The normalized spacial score (nSPS) is 14.8. The zero-order valence-electron chi connectivity index (χ0n) is 20.4. The first kappa shape index (κ1) is 24.5. The van der Waals surface area contributed by atoms with E-state index in [1.807, 2.05) is 0 Å². The number of nitrogens with zero attached hydrogens (tertiary/aromatic N) is 1. The number of rotatable bonds is 8. The number of carbonyl (C=O) groups is 1. The highest BCUT2D eigenvalue weighted by molar-refractivity contribution is 6.10. The molecule has 0 radical (unpaired) electrons. The molecule has 0 bridgehead atoms. The molecule has 1 atom stereocenters. The maximum atomic E-state index is 14.0. The Morgan fingerprint density at radius 3 is 2.41 bits per heavy atom. The highest BCUT2D eigenvalue weighted by atomic mass is 19.1. The summed E-state index contributed by atoms with van der Waals surface area (Å²) in [6.07, 6.45) is 3.00. The third-order valence-corrected chi connectivity index (χ3v) is 6.45. The first-order valence-corrected chi connectivity index (χ1v) is 12.1. The number of carbonyl (C=O) groups excluding carboxylic acids is 1. The molecule has 8 heteroatoms. The van der Waals surface area contributed by atoms with Crippen LogP contribution in [0.15, 0.2) is 69.9 Å². The van der Waals surface area contributed by atoms with Gasteiger partial charge in [-0.25, -0.2) is 8.78 Å². The summed E-state index contributed by atoms with van der Waals surface area (Å²) in [6.45, 7) is 2.63. The molecule has 0 fully saturated rings. The zero-order valence-corrected chi connectivity index (χ0v) is 20.4. The molecule has 4 aromatic rings. The summed E-state index contributed by atoms with van der Waals surface area (Å²) >= 11 is 0. The van der Waals surface area contributed by atoms with Gasteiger partial charge in [0.25, 0.3) is 5.91 Å². The number of methoxy groups -OCH3 is 1. The molecule has 3 aromatic carbocycles. The highest BCUT2D eigenvalue weighted by Crippen LogP contribution is 2.43. The van der Waals surface area contributed by atoms with Crippen LogP contribution in [0.1, 0.15) is 53.9 Å². The molecule has 1 aliphatic rings. The molecule has 190 valence electrons. The van der Waals surface area contributed by atoms with Crippen LogP contribution in [0.2, 0.25) is 0 Å². The number of benzene rings is 3. The smallest absolute Gasteiger partial charge is 0.295 e. The lowest BCUT2D eigenvalue weighted by Crippen LogP contribution is -2.29. The summed E-state index contributed by atoms with van der Waals surface area (Å²) in [5, 5.41) is 0.0281. The number of anilines is 1. The zero-order chi connectivity index (χ0) is 26.1. The maximum Gasteiger partial charge on any atom is 0.295 e. The summed E-state index contributed by atoms with van der Waals surface area (Å²) in [5.74, 6) is -0.794. The van der Waals surface area contributed by atoms with Gasteiger partial charge >= 0.3 is 0 Å². The number of unbranched alkanes of at least 4 members (excludes halogenated alkanes) is 2. The lowest BCUT2D eigenvalue weighted by molar-refractivity contribution is 0.0971. The van der Waals surface area contributed by atoms with Crippen molar-refractivity contribution in [1.82, 2.24) is 0 Å². The van der Waals surface area contributed by atoms with Gasteiger partial charge in [0.1, 0.15) is 17.2 Å². The van der Waals surface area contributed by atoms with Crippen molar-refractivity contribution in [3.63, 3.8) is 0 Å². The van der Waals surface area contributed by atoms with Gasteiger partial charge in [0.15, 0.2) is 16.9 Å². The Balaban J connectivity index is 1.67. The molecule has 0 saturated carbocycles. The van der Waals surface area contributed by atoms with E-state index in [2.05, 4.69) is 6.92 Å². The second kappa shape index (κ2) is 10.0. The van der Waals surface area contributed by atoms with Gasteiger partial charge in [0.05, 0.1) is 30.7 Å². The third kappa shape index (κ3) is 4.43. The van der Waals surface area contributed by atoms with E-state index in [-0.39, 0.29) is 22.3 Å². The van der Waals surface area contributed by atoms with Crippen LogP contribution in [-0.4, -0.2) is 19.6 Å². The first-order valence-electron chi connectivity index (χ1n) is 12.1. The van der Waals surface area contributed by atoms with Crippen LogP contribution in [0.5, 0.6) is 11.5 Å². The monoisotopic (exact) mass is 505 g/mol. The average Bonchev–Trinajstić information content (AvgIpc) is 3.20. The van der Waals surface area contributed by atoms with E-state index in [0.717, 1.165) is 31.4 Å². The van der Waals surface area contributed by atoms with Gasteiger partial charge in [0, 0.05) is 5.69 Å². The van der Waals surface area contributed by atoms with Crippen LogP contribution in [0, 0.1) is 11.6 Å². The number of hydrogen-bond donors (Lipinski definition) is 0. The molecule has 6 nitrogen and oxygen atoms in total. The first-order chi connectivity index (χ1) is 17.9. The second-order valence-electron chi connectivity index (χ2n) is 8.83. The predicted octanol–water partition coefficient (Wildman–Crippen LogP) is 6.40. The molecule has 0 aliphatic carbocycles. The predicted molar refractivity (Wildman–Crippen MR) is 136 cm³/mol. The Hall–Kier alpha value is -4.20. The van der Waals surface area contributed by atoms with Crippen LogP contribution in [0.25, 0.3) is 11.0 Å². The SMILES string of the molecule is CCCCCOc1ccc(C2c3c(oc4ccc(F)cc4c3=O)C(=O)N2c2ccc(F)cc2)cc1OC. The Morgan fingerprint density at radius 2 is 1.68 bits per heavy atom. The quantitative estimate of drug-likeness (QED) is 0.259. The maximum absolute atomic E-state index is 14.0. The van der Waals surface area contributed by atoms with E-state index in [0.29, 0.717) is 29.4 Å². The number of hydrogen-bond acceptors (Lipinski definition) is 5. The molecule has 1 aromatic heterocycles. The highest BCUT2D eigenvalue weighted by Gasteiger charge is 2.44. The molecular weight excluding hydrogens is 480 g/mol. The van der Waals surface area contributed by atoms with Crippen molar-refractivity contribution in [3.8, 4) is 11.5 Å². The van der Waals surface area contributed by atoms with E-state index in [9.17, 15) is 18.4 Å². The number of fused-ring (bicyclic) bond motifs is 2. The Kier molecular flexibility index (Phi) is 6.65. The number of halogens is 2. The Bertz CT molecular complexity index is 1530. The van der Waals surface area contributed by atoms with E-state index in [4.69, 9.17) is 13.9 Å². The van der Waals surface area contributed by atoms with E-state index in [1.165, 1.54) is 42.3 Å². The van der Waals surface area contributed by atoms with Gasteiger partial charge in [-0.3, -0.25) is 14.5 Å². The minimum atomic E-state index is -0.917. The van der Waals surface area contributed by atoms with Crippen molar-refractivity contribution in [3.05, 3.63) is 99.4 Å². The lowest BCUT2D eigenvalue weighted by atomic mass is 9.97. The molecule has 0 saturated heterocycles. The third-order valence-electron chi connectivity index (χ3n) is 6.45. The molecule has 37 heavy (non-hydrogen) atoms. The summed E-state index contributed by atoms with van der Waals surface area (Å²) < 4.78 is 45.0.